The van der Waals surface area contributed by atoms with Crippen LogP contribution in [0.1, 0.15) is 47.0 Å². The van der Waals surface area contributed by atoms with E-state index in [9.17, 15) is 9.59 Å². The van der Waals surface area contributed by atoms with Crippen molar-refractivity contribution in [3.05, 3.63) is 0 Å². The van der Waals surface area contributed by atoms with Crippen LogP contribution in [0.25, 0.3) is 0 Å². The maximum absolute atomic E-state index is 12.7. The molecule has 0 unspecified atom stereocenters. The lowest BCUT2D eigenvalue weighted by atomic mass is 9.85. The topological polar surface area (TPSA) is 46.6 Å². The molecular weight excluding hydrogens is 282 g/mol. The number of hydrogen-bond donors (Lipinski definition) is 0. The number of amides is 1. The predicted octanol–water partition coefficient (Wildman–Crippen LogP) is 2.98. The highest BCUT2D eigenvalue weighted by Crippen LogP contribution is 2.41. The van der Waals surface area contributed by atoms with E-state index in [1.807, 2.05) is 4.90 Å². The van der Waals surface area contributed by atoms with Crippen LogP contribution in [-0.2, 0) is 14.0 Å². The van der Waals surface area contributed by atoms with Gasteiger partial charge in [0.15, 0.2) is 8.32 Å². The lowest BCUT2D eigenvalue weighted by Gasteiger charge is -2.44. The number of carbonyl (C=O) groups excluding carboxylic acids is 2. The Morgan fingerprint density at radius 1 is 1.33 bits per heavy atom. The van der Waals surface area contributed by atoms with Crippen molar-refractivity contribution in [3.63, 3.8) is 0 Å². The third kappa shape index (κ3) is 3.09. The van der Waals surface area contributed by atoms with Gasteiger partial charge in [-0.05, 0) is 44.3 Å². The molecule has 0 radical (unpaired) electrons. The molecule has 2 aliphatic heterocycles. The average Bonchev–Trinajstić information content (AvgIpc) is 2.80. The molecular formula is C16H29NO3Si. The van der Waals surface area contributed by atoms with Gasteiger partial charge in [-0.3, -0.25) is 9.59 Å². The minimum atomic E-state index is -2.00. The zero-order valence-electron chi connectivity index (χ0n) is 14.2. The Morgan fingerprint density at radius 3 is 2.48 bits per heavy atom. The summed E-state index contributed by atoms with van der Waals surface area (Å²) in [6.07, 6.45) is 2.12. The Bertz CT molecular complexity index is 441. The van der Waals surface area contributed by atoms with E-state index in [0.717, 1.165) is 19.4 Å². The van der Waals surface area contributed by atoms with Gasteiger partial charge in [-0.2, -0.15) is 0 Å². The van der Waals surface area contributed by atoms with Crippen molar-refractivity contribution < 1.29 is 14.0 Å². The highest BCUT2D eigenvalue weighted by Gasteiger charge is 2.49. The van der Waals surface area contributed by atoms with Crippen molar-refractivity contribution in [3.8, 4) is 0 Å². The standard InChI is InChI=1S/C16H29NO3Si/c1-11(18)12-10-14(20-21(5,6)16(2,3)4)15(19)17-9-7-8-13(12)17/h12-14H,7-10H2,1-6H3/t12-,13-,14-/m1/s1. The Morgan fingerprint density at radius 2 is 1.95 bits per heavy atom. The summed E-state index contributed by atoms with van der Waals surface area (Å²) < 4.78 is 6.34. The first-order valence-electron chi connectivity index (χ1n) is 8.03. The quantitative estimate of drug-likeness (QED) is 0.753. The third-order valence-corrected chi connectivity index (χ3v) is 10.0. The first-order chi connectivity index (χ1) is 9.54. The van der Waals surface area contributed by atoms with Crippen molar-refractivity contribution in [2.75, 3.05) is 6.54 Å². The Labute approximate surface area is 129 Å². The molecule has 2 rings (SSSR count). The first-order valence-corrected chi connectivity index (χ1v) is 10.9. The van der Waals surface area contributed by atoms with Crippen molar-refractivity contribution in [2.45, 2.75) is 77.2 Å². The maximum Gasteiger partial charge on any atom is 0.250 e. The second-order valence-corrected chi connectivity index (χ2v) is 12.8. The van der Waals surface area contributed by atoms with Crippen LogP contribution in [0.4, 0.5) is 0 Å². The van der Waals surface area contributed by atoms with Crippen LogP contribution in [-0.4, -0.2) is 43.6 Å². The smallest absolute Gasteiger partial charge is 0.250 e. The number of piperidine rings is 1. The molecule has 1 amide bonds. The number of carbonyl (C=O) groups is 2. The van der Waals surface area contributed by atoms with Crippen LogP contribution >= 0.6 is 0 Å². The summed E-state index contributed by atoms with van der Waals surface area (Å²) in [5, 5.41) is 0.0703. The van der Waals surface area contributed by atoms with Gasteiger partial charge in [0.05, 0.1) is 0 Å². The number of Topliss-reactive ketones (excluding diaryl/α,β-unsaturated/α-hetero) is 1. The average molecular weight is 311 g/mol. The van der Waals surface area contributed by atoms with Gasteiger partial charge >= 0.3 is 0 Å². The molecule has 0 aromatic heterocycles. The molecule has 0 saturated carbocycles. The van der Waals surface area contributed by atoms with Gasteiger partial charge in [0.25, 0.3) is 5.91 Å². The molecule has 0 spiro atoms. The number of nitrogens with zero attached hydrogens (tertiary/aromatic N) is 1. The highest BCUT2D eigenvalue weighted by molar-refractivity contribution is 6.74. The summed E-state index contributed by atoms with van der Waals surface area (Å²) in [6.45, 7) is 13.3. The molecule has 0 aromatic carbocycles. The van der Waals surface area contributed by atoms with Gasteiger partial charge in [-0.15, -0.1) is 0 Å². The molecule has 2 fully saturated rings. The molecule has 2 saturated heterocycles. The van der Waals surface area contributed by atoms with E-state index in [-0.39, 0.29) is 28.7 Å². The van der Waals surface area contributed by atoms with Gasteiger partial charge in [-0.25, -0.2) is 0 Å². The molecule has 3 atom stereocenters. The lowest BCUT2D eigenvalue weighted by molar-refractivity contribution is -0.149. The lowest BCUT2D eigenvalue weighted by Crippen LogP contribution is -2.57. The van der Waals surface area contributed by atoms with Crippen LogP contribution in [0.5, 0.6) is 0 Å². The second kappa shape index (κ2) is 5.50. The van der Waals surface area contributed by atoms with E-state index < -0.39 is 14.4 Å². The summed E-state index contributed by atoms with van der Waals surface area (Å²) in [6, 6.07) is 0.120. The largest absolute Gasteiger partial charge is 0.405 e. The molecule has 0 aliphatic carbocycles. The minimum Gasteiger partial charge on any atom is -0.405 e. The monoisotopic (exact) mass is 311 g/mol. The van der Waals surface area contributed by atoms with Crippen molar-refractivity contribution in [2.24, 2.45) is 5.92 Å². The zero-order valence-corrected chi connectivity index (χ0v) is 15.2. The SMILES string of the molecule is CC(=O)[C@H]1C[C@@H](O[Si](C)(C)C(C)(C)C)C(=O)N2CCC[C@H]12. The second-order valence-electron chi connectivity index (χ2n) is 8.06. The van der Waals surface area contributed by atoms with Crippen LogP contribution in [0.2, 0.25) is 18.1 Å². The van der Waals surface area contributed by atoms with Crippen molar-refractivity contribution in [1.82, 2.24) is 4.90 Å². The molecule has 2 heterocycles. The van der Waals surface area contributed by atoms with E-state index in [2.05, 4.69) is 33.9 Å². The van der Waals surface area contributed by atoms with Crippen molar-refractivity contribution in [1.29, 1.82) is 0 Å². The fraction of sp³-hybridized carbons (Fsp3) is 0.875. The Kier molecular flexibility index (Phi) is 4.37. The Balaban J connectivity index is 2.20. The fourth-order valence-corrected chi connectivity index (χ4v) is 4.49. The van der Waals surface area contributed by atoms with Crippen LogP contribution in [0.3, 0.4) is 0 Å². The molecule has 2 aliphatic rings. The fourth-order valence-electron chi connectivity index (χ4n) is 3.23. The van der Waals surface area contributed by atoms with Gasteiger partial charge in [0.2, 0.25) is 0 Å². The molecule has 0 aromatic rings. The van der Waals surface area contributed by atoms with Gasteiger partial charge < -0.3 is 9.33 Å². The van der Waals surface area contributed by atoms with E-state index >= 15 is 0 Å². The molecule has 120 valence electrons. The first kappa shape index (κ1) is 16.7. The van der Waals surface area contributed by atoms with Gasteiger partial charge in [-0.1, -0.05) is 20.8 Å². The van der Waals surface area contributed by atoms with Crippen molar-refractivity contribution >= 4 is 20.0 Å². The van der Waals surface area contributed by atoms with Crippen LogP contribution < -0.4 is 0 Å². The number of fused-ring (bicyclic) bond motifs is 1. The summed E-state index contributed by atoms with van der Waals surface area (Å²) in [5.41, 5.74) is 0. The van der Waals surface area contributed by atoms with Gasteiger partial charge in [0.1, 0.15) is 11.9 Å². The van der Waals surface area contributed by atoms with Crippen LogP contribution in [0.15, 0.2) is 0 Å². The van der Waals surface area contributed by atoms with Gasteiger partial charge in [0, 0.05) is 18.5 Å². The van der Waals surface area contributed by atoms with E-state index in [0.29, 0.717) is 6.42 Å². The normalized spacial score (nSPS) is 30.5. The number of ketones is 1. The Hall–Kier alpha value is -0.683. The summed E-state index contributed by atoms with van der Waals surface area (Å²) in [4.78, 5) is 26.6. The summed E-state index contributed by atoms with van der Waals surface area (Å²) in [7, 11) is -2.00. The van der Waals surface area contributed by atoms with E-state index in [4.69, 9.17) is 4.43 Å². The zero-order chi connectivity index (χ0) is 16.0. The molecule has 21 heavy (non-hydrogen) atoms. The molecule has 5 heteroatoms. The molecule has 0 bridgehead atoms. The maximum atomic E-state index is 12.7. The van der Waals surface area contributed by atoms with Crippen LogP contribution in [0, 0.1) is 5.92 Å². The third-order valence-electron chi connectivity index (χ3n) is 5.56. The summed E-state index contributed by atoms with van der Waals surface area (Å²) >= 11 is 0. The predicted molar refractivity (Wildman–Crippen MR) is 85.6 cm³/mol. The molecule has 0 N–H and O–H groups in total. The van der Waals surface area contributed by atoms with E-state index in [1.165, 1.54) is 0 Å². The number of hydrogen-bond acceptors (Lipinski definition) is 3. The summed E-state index contributed by atoms with van der Waals surface area (Å²) in [5.74, 6) is 0.267. The van der Waals surface area contributed by atoms with E-state index in [1.54, 1.807) is 6.92 Å². The minimum absolute atomic E-state index is 0.0417. The number of rotatable bonds is 3. The highest BCUT2D eigenvalue weighted by atomic mass is 28.4. The molecule has 4 nitrogen and oxygen atoms in total.